The van der Waals surface area contributed by atoms with Gasteiger partial charge in [-0.2, -0.15) is 0 Å². The summed E-state index contributed by atoms with van der Waals surface area (Å²) in [7, 11) is -3.49. The van der Waals surface area contributed by atoms with Crippen molar-refractivity contribution in [3.8, 4) is 0 Å². The molecule has 0 aliphatic heterocycles. The average Bonchev–Trinajstić information content (AvgIpc) is 2.62. The number of benzene rings is 1. The van der Waals surface area contributed by atoms with Gasteiger partial charge in [0.2, 0.25) is 10.0 Å². The van der Waals surface area contributed by atoms with Crippen LogP contribution in [0.4, 0.5) is 0 Å². The van der Waals surface area contributed by atoms with Gasteiger partial charge in [-0.25, -0.2) is 13.1 Å². The zero-order chi connectivity index (χ0) is 15.5. The summed E-state index contributed by atoms with van der Waals surface area (Å²) in [6, 6.07) is 5.19. The smallest absolute Gasteiger partial charge is 0.241 e. The Morgan fingerprint density at radius 2 is 2.05 bits per heavy atom. The highest BCUT2D eigenvalue weighted by molar-refractivity contribution is 9.10. The number of nitrogens with one attached hydrogen (secondary N) is 1. The molecule has 0 aromatic heterocycles. The lowest BCUT2D eigenvalue weighted by atomic mass is 10.0. The zero-order valence-corrected chi connectivity index (χ0v) is 14.7. The van der Waals surface area contributed by atoms with Crippen LogP contribution < -0.4 is 10.5 Å². The zero-order valence-electron chi connectivity index (χ0n) is 12.3. The first-order valence-electron chi connectivity index (χ1n) is 7.43. The van der Waals surface area contributed by atoms with E-state index in [-0.39, 0.29) is 10.9 Å². The van der Waals surface area contributed by atoms with Crippen LogP contribution in [0.2, 0.25) is 0 Å². The standard InChI is InChI=1S/C15H23BrN2O2S/c1-11-3-2-4-13(7-5-11)18-21(19,20)15-8-6-12(10-17)9-14(15)16/h6,8-9,11,13,18H,2-5,7,10,17H2,1H3. The molecule has 0 bridgehead atoms. The van der Waals surface area contributed by atoms with E-state index in [1.165, 1.54) is 6.42 Å². The first-order chi connectivity index (χ1) is 9.92. The summed E-state index contributed by atoms with van der Waals surface area (Å²) in [5.41, 5.74) is 6.48. The summed E-state index contributed by atoms with van der Waals surface area (Å²) in [5, 5.41) is 0. The van der Waals surface area contributed by atoms with Gasteiger partial charge < -0.3 is 5.73 Å². The van der Waals surface area contributed by atoms with Crippen LogP contribution in [0.3, 0.4) is 0 Å². The van der Waals surface area contributed by atoms with Crippen molar-refractivity contribution in [3.05, 3.63) is 28.2 Å². The fourth-order valence-electron chi connectivity index (χ4n) is 2.78. The van der Waals surface area contributed by atoms with Gasteiger partial charge in [-0.05, 0) is 58.8 Å². The molecule has 6 heteroatoms. The highest BCUT2D eigenvalue weighted by Crippen LogP contribution is 2.26. The first-order valence-corrected chi connectivity index (χ1v) is 9.71. The predicted octanol–water partition coefficient (Wildman–Crippen LogP) is 3.15. The van der Waals surface area contributed by atoms with Gasteiger partial charge in [0.25, 0.3) is 0 Å². The molecule has 0 saturated heterocycles. The molecular weight excluding hydrogens is 352 g/mol. The van der Waals surface area contributed by atoms with Gasteiger partial charge in [-0.1, -0.05) is 25.8 Å². The number of halogens is 1. The Hall–Kier alpha value is -0.430. The number of hydrogen-bond acceptors (Lipinski definition) is 3. The monoisotopic (exact) mass is 374 g/mol. The lowest BCUT2D eigenvalue weighted by Gasteiger charge is -2.17. The maximum atomic E-state index is 12.5. The molecule has 1 aromatic carbocycles. The molecule has 1 aliphatic rings. The molecule has 4 nitrogen and oxygen atoms in total. The fourth-order valence-corrected chi connectivity index (χ4v) is 5.21. The molecule has 1 aliphatic carbocycles. The number of sulfonamides is 1. The molecule has 2 unspecified atom stereocenters. The Balaban J connectivity index is 2.14. The Morgan fingerprint density at radius 3 is 2.71 bits per heavy atom. The van der Waals surface area contributed by atoms with Crippen molar-refractivity contribution >= 4 is 26.0 Å². The van der Waals surface area contributed by atoms with E-state index in [9.17, 15) is 8.42 Å². The van der Waals surface area contributed by atoms with Gasteiger partial charge in [0, 0.05) is 17.1 Å². The summed E-state index contributed by atoms with van der Waals surface area (Å²) in [5.74, 6) is 0.690. The van der Waals surface area contributed by atoms with E-state index in [2.05, 4.69) is 27.6 Å². The summed E-state index contributed by atoms with van der Waals surface area (Å²) in [6.45, 7) is 2.63. The van der Waals surface area contributed by atoms with Gasteiger partial charge in [-0.15, -0.1) is 0 Å². The third-order valence-corrected chi connectivity index (χ3v) is 6.60. The quantitative estimate of drug-likeness (QED) is 0.794. The average molecular weight is 375 g/mol. The van der Waals surface area contributed by atoms with E-state index in [0.29, 0.717) is 16.9 Å². The number of nitrogens with two attached hydrogens (primary N) is 1. The van der Waals surface area contributed by atoms with Crippen LogP contribution in [0.15, 0.2) is 27.6 Å². The summed E-state index contributed by atoms with van der Waals surface area (Å²) in [6.07, 6.45) is 5.19. The largest absolute Gasteiger partial charge is 0.326 e. The third kappa shape index (κ3) is 4.52. The maximum Gasteiger partial charge on any atom is 0.241 e. The van der Waals surface area contributed by atoms with Crippen molar-refractivity contribution in [1.29, 1.82) is 0 Å². The van der Waals surface area contributed by atoms with Crippen molar-refractivity contribution in [2.24, 2.45) is 11.7 Å². The van der Waals surface area contributed by atoms with Gasteiger partial charge >= 0.3 is 0 Å². The Labute approximate surface area is 135 Å². The van der Waals surface area contributed by atoms with E-state index in [4.69, 9.17) is 5.73 Å². The van der Waals surface area contributed by atoms with E-state index < -0.39 is 10.0 Å². The first kappa shape index (κ1) is 16.9. The Morgan fingerprint density at radius 1 is 1.29 bits per heavy atom. The normalized spacial score (nSPS) is 23.8. The molecule has 118 valence electrons. The molecule has 21 heavy (non-hydrogen) atoms. The fraction of sp³-hybridized carbons (Fsp3) is 0.600. The van der Waals surface area contributed by atoms with Crippen LogP contribution in [0.5, 0.6) is 0 Å². The molecule has 1 aromatic rings. The summed E-state index contributed by atoms with van der Waals surface area (Å²) in [4.78, 5) is 0.289. The SMILES string of the molecule is CC1CCCC(NS(=O)(=O)c2ccc(CN)cc2Br)CC1. The highest BCUT2D eigenvalue weighted by atomic mass is 79.9. The van der Waals surface area contributed by atoms with Crippen molar-refractivity contribution in [1.82, 2.24) is 4.72 Å². The van der Waals surface area contributed by atoms with Crippen LogP contribution in [-0.4, -0.2) is 14.5 Å². The molecular formula is C15H23BrN2O2S. The van der Waals surface area contributed by atoms with Gasteiger partial charge in [-0.3, -0.25) is 0 Å². The van der Waals surface area contributed by atoms with Crippen LogP contribution in [-0.2, 0) is 16.6 Å². The van der Waals surface area contributed by atoms with Crippen molar-refractivity contribution in [2.75, 3.05) is 0 Å². The summed E-state index contributed by atoms with van der Waals surface area (Å²) < 4.78 is 28.5. The molecule has 0 spiro atoms. The second-order valence-electron chi connectivity index (χ2n) is 5.90. The van der Waals surface area contributed by atoms with Crippen LogP contribution in [0.1, 0.15) is 44.6 Å². The number of hydrogen-bond donors (Lipinski definition) is 2. The molecule has 1 saturated carbocycles. The maximum absolute atomic E-state index is 12.5. The van der Waals surface area contributed by atoms with Crippen LogP contribution in [0, 0.1) is 5.92 Å². The topological polar surface area (TPSA) is 72.2 Å². The molecule has 3 N–H and O–H groups in total. The van der Waals surface area contributed by atoms with E-state index in [1.54, 1.807) is 18.2 Å². The second kappa shape index (κ2) is 7.22. The lowest BCUT2D eigenvalue weighted by molar-refractivity contribution is 0.484. The summed E-state index contributed by atoms with van der Waals surface area (Å²) >= 11 is 3.34. The van der Waals surface area contributed by atoms with E-state index in [0.717, 1.165) is 31.2 Å². The molecule has 0 heterocycles. The van der Waals surface area contributed by atoms with E-state index in [1.807, 2.05) is 0 Å². The second-order valence-corrected chi connectivity index (χ2v) is 8.44. The molecule has 2 atom stereocenters. The minimum absolute atomic E-state index is 0.0426. The highest BCUT2D eigenvalue weighted by Gasteiger charge is 2.24. The molecule has 0 amide bonds. The van der Waals surface area contributed by atoms with Crippen molar-refractivity contribution in [3.63, 3.8) is 0 Å². The minimum atomic E-state index is -3.49. The minimum Gasteiger partial charge on any atom is -0.326 e. The van der Waals surface area contributed by atoms with Crippen molar-refractivity contribution in [2.45, 2.75) is 56.5 Å². The number of rotatable bonds is 4. The Bertz CT molecular complexity index is 589. The van der Waals surface area contributed by atoms with Crippen LogP contribution >= 0.6 is 15.9 Å². The van der Waals surface area contributed by atoms with Crippen molar-refractivity contribution < 1.29 is 8.42 Å². The van der Waals surface area contributed by atoms with Gasteiger partial charge in [0.1, 0.15) is 0 Å². The lowest BCUT2D eigenvalue weighted by Crippen LogP contribution is -2.34. The van der Waals surface area contributed by atoms with Gasteiger partial charge in [0.15, 0.2) is 0 Å². The molecule has 0 radical (unpaired) electrons. The van der Waals surface area contributed by atoms with E-state index >= 15 is 0 Å². The Kier molecular flexibility index (Phi) is 5.82. The third-order valence-electron chi connectivity index (χ3n) is 4.10. The van der Waals surface area contributed by atoms with Gasteiger partial charge in [0.05, 0.1) is 4.90 Å². The molecule has 2 rings (SSSR count). The van der Waals surface area contributed by atoms with Crippen LogP contribution in [0.25, 0.3) is 0 Å². The predicted molar refractivity (Wildman–Crippen MR) is 88.4 cm³/mol. The molecule has 1 fully saturated rings.